The zero-order valence-electron chi connectivity index (χ0n) is 11.2. The Morgan fingerprint density at radius 2 is 1.94 bits per heavy atom. The predicted molar refractivity (Wildman–Crippen MR) is 74.9 cm³/mol. The summed E-state index contributed by atoms with van der Waals surface area (Å²) < 4.78 is 0. The fourth-order valence-electron chi connectivity index (χ4n) is 2.70. The van der Waals surface area contributed by atoms with Gasteiger partial charge in [-0.25, -0.2) is 0 Å². The Kier molecular flexibility index (Phi) is 2.94. The minimum atomic E-state index is 0.0681. The summed E-state index contributed by atoms with van der Waals surface area (Å²) >= 11 is 0. The molecule has 0 radical (unpaired) electrons. The van der Waals surface area contributed by atoms with Gasteiger partial charge in [-0.15, -0.1) is 0 Å². The normalized spacial score (nSPS) is 32.5. The fraction of sp³-hybridized carbons (Fsp3) is 0.438. The van der Waals surface area contributed by atoms with Gasteiger partial charge >= 0.3 is 0 Å². The van der Waals surface area contributed by atoms with Crippen LogP contribution in [0.2, 0.25) is 0 Å². The monoisotopic (exact) mass is 227 g/mol. The lowest BCUT2D eigenvalue weighted by Crippen LogP contribution is -2.17. The number of rotatable bonds is 3. The van der Waals surface area contributed by atoms with E-state index in [4.69, 9.17) is 4.99 Å². The number of nitrogens with zero attached hydrogens (tertiary/aromatic N) is 1. The van der Waals surface area contributed by atoms with Crippen LogP contribution in [0, 0.1) is 6.92 Å². The molecular formula is C16H21N. The van der Waals surface area contributed by atoms with Crippen LogP contribution < -0.4 is 0 Å². The van der Waals surface area contributed by atoms with E-state index in [9.17, 15) is 0 Å². The van der Waals surface area contributed by atoms with Crippen LogP contribution in [0.3, 0.4) is 0 Å². The molecule has 0 aromatic heterocycles. The maximum atomic E-state index is 4.72. The summed E-state index contributed by atoms with van der Waals surface area (Å²) in [6.07, 6.45) is 7.09. The average Bonchev–Trinajstić information content (AvgIpc) is 2.83. The lowest BCUT2D eigenvalue weighted by molar-refractivity contribution is 0.613. The van der Waals surface area contributed by atoms with Gasteiger partial charge in [0.25, 0.3) is 0 Å². The molecule has 1 aromatic rings. The molecule has 0 bridgehead atoms. The summed E-state index contributed by atoms with van der Waals surface area (Å²) in [5, 5.41) is 0. The van der Waals surface area contributed by atoms with Gasteiger partial charge in [-0.2, -0.15) is 0 Å². The summed E-state index contributed by atoms with van der Waals surface area (Å²) in [7, 11) is 0. The van der Waals surface area contributed by atoms with Crippen molar-refractivity contribution >= 4 is 6.21 Å². The summed E-state index contributed by atoms with van der Waals surface area (Å²) in [6, 6.07) is 8.66. The van der Waals surface area contributed by atoms with Crippen LogP contribution in [-0.2, 0) is 5.41 Å². The molecule has 1 aliphatic carbocycles. The molecule has 2 unspecified atom stereocenters. The third-order valence-electron chi connectivity index (χ3n) is 4.14. The van der Waals surface area contributed by atoms with Crippen molar-refractivity contribution in [3.63, 3.8) is 0 Å². The van der Waals surface area contributed by atoms with Crippen molar-refractivity contribution in [1.82, 2.24) is 0 Å². The van der Waals surface area contributed by atoms with E-state index in [0.717, 1.165) is 6.42 Å². The summed E-state index contributed by atoms with van der Waals surface area (Å²) in [6.45, 7) is 8.78. The van der Waals surface area contributed by atoms with Crippen LogP contribution in [0.25, 0.3) is 0 Å². The number of benzene rings is 1. The van der Waals surface area contributed by atoms with Crippen LogP contribution in [0.4, 0.5) is 0 Å². The minimum absolute atomic E-state index is 0.0681. The van der Waals surface area contributed by atoms with Gasteiger partial charge in [-0.3, -0.25) is 4.99 Å². The predicted octanol–water partition coefficient (Wildman–Crippen LogP) is 4.06. The molecule has 0 heterocycles. The molecule has 1 aromatic carbocycles. The molecule has 0 amide bonds. The van der Waals surface area contributed by atoms with E-state index in [2.05, 4.69) is 45.0 Å². The first-order valence-electron chi connectivity index (χ1n) is 6.26. The zero-order chi connectivity index (χ0) is 12.5. The minimum Gasteiger partial charge on any atom is -0.286 e. The average molecular weight is 227 g/mol. The first kappa shape index (κ1) is 12.1. The molecule has 1 saturated carbocycles. The Morgan fingerprint density at radius 1 is 1.24 bits per heavy atom. The largest absolute Gasteiger partial charge is 0.286 e. The summed E-state index contributed by atoms with van der Waals surface area (Å²) in [5.74, 6) is 0. The zero-order valence-corrected chi connectivity index (χ0v) is 11.2. The highest BCUT2D eigenvalue weighted by molar-refractivity contribution is 5.72. The van der Waals surface area contributed by atoms with Gasteiger partial charge in [0, 0.05) is 11.6 Å². The molecular weight excluding hydrogens is 206 g/mol. The van der Waals surface area contributed by atoms with Crippen molar-refractivity contribution in [1.29, 1.82) is 0 Å². The van der Waals surface area contributed by atoms with Crippen molar-refractivity contribution < 1.29 is 0 Å². The molecule has 0 saturated heterocycles. The topological polar surface area (TPSA) is 12.4 Å². The van der Waals surface area contributed by atoms with Gasteiger partial charge < -0.3 is 0 Å². The van der Waals surface area contributed by atoms with E-state index in [0.29, 0.717) is 0 Å². The third kappa shape index (κ3) is 1.95. The van der Waals surface area contributed by atoms with Crippen LogP contribution >= 0.6 is 0 Å². The van der Waals surface area contributed by atoms with Crippen molar-refractivity contribution in [3.05, 3.63) is 47.5 Å². The Morgan fingerprint density at radius 3 is 2.59 bits per heavy atom. The van der Waals surface area contributed by atoms with E-state index in [-0.39, 0.29) is 11.0 Å². The lowest BCUT2D eigenvalue weighted by Gasteiger charge is -2.17. The first-order chi connectivity index (χ1) is 8.03. The summed E-state index contributed by atoms with van der Waals surface area (Å²) in [5.41, 5.74) is 3.09. The lowest BCUT2D eigenvalue weighted by atomic mass is 9.90. The molecule has 2 rings (SSSR count). The van der Waals surface area contributed by atoms with E-state index in [1.54, 1.807) is 0 Å². The number of aryl methyl sites for hydroxylation is 1. The summed E-state index contributed by atoms with van der Waals surface area (Å²) in [4.78, 5) is 4.72. The molecule has 1 fully saturated rings. The van der Waals surface area contributed by atoms with Gasteiger partial charge in [-0.1, -0.05) is 37.3 Å². The molecule has 1 aliphatic rings. The Balaban J connectivity index is 2.27. The molecule has 17 heavy (non-hydrogen) atoms. The number of allylic oxidation sites excluding steroid dienone is 2. The van der Waals surface area contributed by atoms with Gasteiger partial charge in [-0.05, 0) is 44.4 Å². The standard InChI is InChI=1S/C16H21N/c1-5-6-11-17-16(4)12-15(16,3)14-10-8-7-9-13(14)2/h5-11H,12H2,1-4H3/b6-5-,17-11?. The second-order valence-corrected chi connectivity index (χ2v) is 5.40. The molecule has 90 valence electrons. The highest BCUT2D eigenvalue weighted by Gasteiger charge is 2.62. The van der Waals surface area contributed by atoms with Crippen molar-refractivity contribution in [2.24, 2.45) is 4.99 Å². The molecule has 1 nitrogen and oxygen atoms in total. The number of hydrogen-bond donors (Lipinski definition) is 0. The van der Waals surface area contributed by atoms with Gasteiger partial charge in [0.15, 0.2) is 0 Å². The molecule has 0 spiro atoms. The number of hydrogen-bond acceptors (Lipinski definition) is 1. The van der Waals surface area contributed by atoms with Crippen LogP contribution in [0.1, 0.15) is 38.3 Å². The SMILES string of the molecule is C/C=C\C=NC1(C)CC1(C)c1ccccc1C. The Hall–Kier alpha value is -1.37. The third-order valence-corrected chi connectivity index (χ3v) is 4.14. The van der Waals surface area contributed by atoms with Crippen molar-refractivity contribution in [3.8, 4) is 0 Å². The van der Waals surface area contributed by atoms with Crippen LogP contribution in [-0.4, -0.2) is 11.8 Å². The molecule has 1 heteroatoms. The smallest absolute Gasteiger partial charge is 0.0683 e. The fourth-order valence-corrected chi connectivity index (χ4v) is 2.70. The second-order valence-electron chi connectivity index (χ2n) is 5.40. The maximum Gasteiger partial charge on any atom is 0.0683 e. The molecule has 2 atom stereocenters. The van der Waals surface area contributed by atoms with E-state index in [1.807, 2.05) is 25.3 Å². The first-order valence-corrected chi connectivity index (χ1v) is 6.26. The van der Waals surface area contributed by atoms with Crippen LogP contribution in [0.15, 0.2) is 41.4 Å². The van der Waals surface area contributed by atoms with E-state index < -0.39 is 0 Å². The van der Waals surface area contributed by atoms with E-state index in [1.165, 1.54) is 11.1 Å². The van der Waals surface area contributed by atoms with Gasteiger partial charge in [0.2, 0.25) is 0 Å². The Bertz CT molecular complexity index is 472. The number of aliphatic imine (C=N–C) groups is 1. The van der Waals surface area contributed by atoms with Crippen molar-refractivity contribution in [2.45, 2.75) is 45.1 Å². The quantitative estimate of drug-likeness (QED) is 0.690. The highest BCUT2D eigenvalue weighted by Crippen LogP contribution is 2.60. The molecule has 0 N–H and O–H groups in total. The maximum absolute atomic E-state index is 4.72. The highest BCUT2D eigenvalue weighted by atomic mass is 15.0. The van der Waals surface area contributed by atoms with Crippen LogP contribution in [0.5, 0.6) is 0 Å². The Labute approximate surface area is 104 Å². The van der Waals surface area contributed by atoms with Gasteiger partial charge in [0.1, 0.15) is 0 Å². The van der Waals surface area contributed by atoms with E-state index >= 15 is 0 Å². The second kappa shape index (κ2) is 4.14. The molecule has 0 aliphatic heterocycles. The van der Waals surface area contributed by atoms with Crippen molar-refractivity contribution in [2.75, 3.05) is 0 Å². The van der Waals surface area contributed by atoms with Gasteiger partial charge in [0.05, 0.1) is 5.54 Å².